The molecular formula is C9H7Cl2N3OS. The van der Waals surface area contributed by atoms with Crippen molar-refractivity contribution in [2.75, 3.05) is 5.73 Å². The molecule has 0 aliphatic carbocycles. The molecule has 2 aromatic rings. The average molecular weight is 276 g/mol. The van der Waals surface area contributed by atoms with E-state index in [9.17, 15) is 0 Å². The van der Waals surface area contributed by atoms with E-state index in [4.69, 9.17) is 33.7 Å². The van der Waals surface area contributed by atoms with Crippen molar-refractivity contribution in [2.45, 2.75) is 6.61 Å². The predicted octanol–water partition coefficient (Wildman–Crippen LogP) is 3.01. The molecule has 16 heavy (non-hydrogen) atoms. The van der Waals surface area contributed by atoms with Gasteiger partial charge in [-0.3, -0.25) is 0 Å². The molecule has 0 fully saturated rings. The Morgan fingerprint density at radius 3 is 2.69 bits per heavy atom. The first kappa shape index (κ1) is 11.4. The van der Waals surface area contributed by atoms with Crippen LogP contribution in [0.5, 0.6) is 5.75 Å². The summed E-state index contributed by atoms with van der Waals surface area (Å²) in [6.45, 7) is 0.312. The Bertz CT molecular complexity index is 503. The van der Waals surface area contributed by atoms with Crippen LogP contribution in [0.2, 0.25) is 10.0 Å². The Kier molecular flexibility index (Phi) is 3.48. The fourth-order valence-corrected chi connectivity index (χ4v) is 1.85. The van der Waals surface area contributed by atoms with E-state index in [1.165, 1.54) is 11.3 Å². The maximum atomic E-state index is 5.84. The first-order chi connectivity index (χ1) is 7.65. The minimum atomic E-state index is 0.312. The number of halogens is 2. The molecule has 1 aromatic carbocycles. The first-order valence-electron chi connectivity index (χ1n) is 4.31. The lowest BCUT2D eigenvalue weighted by atomic mass is 10.3. The molecule has 2 rings (SSSR count). The Morgan fingerprint density at radius 2 is 2.06 bits per heavy atom. The number of hydrogen-bond acceptors (Lipinski definition) is 5. The second-order valence-electron chi connectivity index (χ2n) is 2.90. The monoisotopic (exact) mass is 275 g/mol. The maximum Gasteiger partial charge on any atom is 0.203 e. The van der Waals surface area contributed by atoms with Crippen LogP contribution in [0.1, 0.15) is 5.01 Å². The summed E-state index contributed by atoms with van der Waals surface area (Å²) in [7, 11) is 0. The second kappa shape index (κ2) is 4.86. The van der Waals surface area contributed by atoms with Gasteiger partial charge in [0.15, 0.2) is 5.01 Å². The van der Waals surface area contributed by atoms with E-state index < -0.39 is 0 Å². The number of nitrogens with zero attached hydrogens (tertiary/aromatic N) is 2. The fourth-order valence-electron chi connectivity index (χ4n) is 1.04. The largest absolute Gasteiger partial charge is 0.486 e. The van der Waals surface area contributed by atoms with Crippen molar-refractivity contribution in [3.05, 3.63) is 33.3 Å². The predicted molar refractivity (Wildman–Crippen MR) is 65.1 cm³/mol. The van der Waals surface area contributed by atoms with Gasteiger partial charge in [-0.2, -0.15) is 0 Å². The van der Waals surface area contributed by atoms with Crippen molar-refractivity contribution >= 4 is 39.7 Å². The summed E-state index contributed by atoms with van der Waals surface area (Å²) in [6, 6.07) is 5.06. The number of ether oxygens (including phenoxy) is 1. The molecule has 0 saturated heterocycles. The highest BCUT2D eigenvalue weighted by atomic mass is 35.5. The third kappa shape index (κ3) is 2.75. The van der Waals surface area contributed by atoms with E-state index in [1.54, 1.807) is 18.2 Å². The SMILES string of the molecule is Nc1nnc(COc2ccc(Cl)c(Cl)c2)s1. The maximum absolute atomic E-state index is 5.84. The normalized spacial score (nSPS) is 10.4. The zero-order valence-corrected chi connectivity index (χ0v) is 10.3. The third-order valence-corrected chi connectivity index (χ3v) is 3.20. The summed E-state index contributed by atoms with van der Waals surface area (Å²) < 4.78 is 5.45. The molecule has 84 valence electrons. The number of aromatic nitrogens is 2. The number of benzene rings is 1. The quantitative estimate of drug-likeness (QED) is 0.936. The van der Waals surface area contributed by atoms with Gasteiger partial charge >= 0.3 is 0 Å². The van der Waals surface area contributed by atoms with Crippen LogP contribution in [0.3, 0.4) is 0 Å². The summed E-state index contributed by atoms with van der Waals surface area (Å²) in [5.74, 6) is 0.628. The average Bonchev–Trinajstić information content (AvgIpc) is 2.66. The van der Waals surface area contributed by atoms with Gasteiger partial charge in [0.2, 0.25) is 5.13 Å². The summed E-state index contributed by atoms with van der Waals surface area (Å²) >= 11 is 12.9. The van der Waals surface area contributed by atoms with Crippen LogP contribution in [0, 0.1) is 0 Å². The number of nitrogen functional groups attached to an aromatic ring is 1. The molecule has 7 heteroatoms. The highest BCUT2D eigenvalue weighted by Gasteiger charge is 2.04. The molecule has 0 aliphatic rings. The van der Waals surface area contributed by atoms with E-state index >= 15 is 0 Å². The first-order valence-corrected chi connectivity index (χ1v) is 5.88. The van der Waals surface area contributed by atoms with Crippen molar-refractivity contribution in [2.24, 2.45) is 0 Å². The minimum Gasteiger partial charge on any atom is -0.486 e. The molecule has 1 heterocycles. The molecule has 1 aromatic heterocycles. The molecule has 4 nitrogen and oxygen atoms in total. The Hall–Kier alpha value is -1.04. The van der Waals surface area contributed by atoms with Crippen molar-refractivity contribution in [1.82, 2.24) is 10.2 Å². The third-order valence-electron chi connectivity index (χ3n) is 1.74. The van der Waals surface area contributed by atoms with E-state index in [0.717, 1.165) is 0 Å². The zero-order valence-electron chi connectivity index (χ0n) is 7.98. The van der Waals surface area contributed by atoms with Crippen LogP contribution >= 0.6 is 34.5 Å². The number of hydrogen-bond donors (Lipinski definition) is 1. The molecule has 0 spiro atoms. The lowest BCUT2D eigenvalue weighted by Gasteiger charge is -2.04. The lowest BCUT2D eigenvalue weighted by molar-refractivity contribution is 0.304. The summed E-state index contributed by atoms with van der Waals surface area (Å²) in [6.07, 6.45) is 0. The van der Waals surface area contributed by atoms with Crippen molar-refractivity contribution in [3.8, 4) is 5.75 Å². The van der Waals surface area contributed by atoms with Gasteiger partial charge in [0.25, 0.3) is 0 Å². The summed E-state index contributed by atoms with van der Waals surface area (Å²) in [5.41, 5.74) is 5.44. The standard InChI is InChI=1S/C9H7Cl2N3OS/c10-6-2-1-5(3-7(6)11)15-4-8-13-14-9(12)16-8/h1-3H,4H2,(H2,12,14). The van der Waals surface area contributed by atoms with E-state index in [1.807, 2.05) is 0 Å². The molecular weight excluding hydrogens is 269 g/mol. The van der Waals surface area contributed by atoms with Gasteiger partial charge in [-0.25, -0.2) is 0 Å². The van der Waals surface area contributed by atoms with Crippen LogP contribution in [0.15, 0.2) is 18.2 Å². The minimum absolute atomic E-state index is 0.312. The van der Waals surface area contributed by atoms with Gasteiger partial charge in [-0.05, 0) is 12.1 Å². The second-order valence-corrected chi connectivity index (χ2v) is 4.81. The fraction of sp³-hybridized carbons (Fsp3) is 0.111. The van der Waals surface area contributed by atoms with Crippen molar-refractivity contribution in [1.29, 1.82) is 0 Å². The van der Waals surface area contributed by atoms with Gasteiger partial charge in [-0.15, -0.1) is 10.2 Å². The van der Waals surface area contributed by atoms with Gasteiger partial charge in [0, 0.05) is 6.07 Å². The van der Waals surface area contributed by atoms with Crippen molar-refractivity contribution < 1.29 is 4.74 Å². The Morgan fingerprint density at radius 1 is 1.25 bits per heavy atom. The van der Waals surface area contributed by atoms with Crippen molar-refractivity contribution in [3.63, 3.8) is 0 Å². The molecule has 0 radical (unpaired) electrons. The Balaban J connectivity index is 2.02. The molecule has 0 aliphatic heterocycles. The van der Waals surface area contributed by atoms with E-state index in [2.05, 4.69) is 10.2 Å². The molecule has 0 bridgehead atoms. The lowest BCUT2D eigenvalue weighted by Crippen LogP contribution is -1.94. The van der Waals surface area contributed by atoms with E-state index in [0.29, 0.717) is 32.5 Å². The molecule has 0 unspecified atom stereocenters. The van der Waals surface area contributed by atoms with Crippen LogP contribution in [0.4, 0.5) is 5.13 Å². The van der Waals surface area contributed by atoms with Gasteiger partial charge in [-0.1, -0.05) is 34.5 Å². The number of rotatable bonds is 3. The highest BCUT2D eigenvalue weighted by molar-refractivity contribution is 7.15. The zero-order chi connectivity index (χ0) is 11.5. The summed E-state index contributed by atoms with van der Waals surface area (Å²) in [4.78, 5) is 0. The van der Waals surface area contributed by atoms with Crippen LogP contribution in [-0.4, -0.2) is 10.2 Å². The highest BCUT2D eigenvalue weighted by Crippen LogP contribution is 2.27. The number of anilines is 1. The smallest absolute Gasteiger partial charge is 0.203 e. The molecule has 2 N–H and O–H groups in total. The molecule has 0 saturated carbocycles. The van der Waals surface area contributed by atoms with Gasteiger partial charge < -0.3 is 10.5 Å². The number of nitrogens with two attached hydrogens (primary N) is 1. The van der Waals surface area contributed by atoms with Crippen LogP contribution in [0.25, 0.3) is 0 Å². The van der Waals surface area contributed by atoms with Crippen LogP contribution < -0.4 is 10.5 Å². The summed E-state index contributed by atoms with van der Waals surface area (Å²) in [5, 5.41) is 9.59. The topological polar surface area (TPSA) is 61.0 Å². The van der Waals surface area contributed by atoms with Gasteiger partial charge in [0.05, 0.1) is 10.0 Å². The molecule has 0 atom stereocenters. The van der Waals surface area contributed by atoms with Crippen LogP contribution in [-0.2, 0) is 6.61 Å². The van der Waals surface area contributed by atoms with Gasteiger partial charge in [0.1, 0.15) is 12.4 Å². The van der Waals surface area contributed by atoms with E-state index in [-0.39, 0.29) is 0 Å². The Labute approximate surface area is 106 Å². The molecule has 0 amide bonds.